The standard InChI is InChI=1S/C11H16N2OS/c1-8(11(12)15)13(9-4-5-9)7-10-3-2-6-14-10/h2-3,6,8-9H,4-5,7H2,1H3,(H2,12,15). The van der Waals surface area contributed by atoms with E-state index in [1.54, 1.807) is 6.26 Å². The number of hydrogen-bond acceptors (Lipinski definition) is 3. The van der Waals surface area contributed by atoms with Gasteiger partial charge in [0.1, 0.15) is 5.76 Å². The maximum atomic E-state index is 5.69. The molecule has 2 rings (SSSR count). The van der Waals surface area contributed by atoms with Gasteiger partial charge in [-0.25, -0.2) is 0 Å². The van der Waals surface area contributed by atoms with E-state index in [1.807, 2.05) is 12.1 Å². The molecule has 3 nitrogen and oxygen atoms in total. The predicted octanol–water partition coefficient (Wildman–Crippen LogP) is 1.92. The Morgan fingerprint density at radius 1 is 1.73 bits per heavy atom. The zero-order valence-corrected chi connectivity index (χ0v) is 9.67. The molecule has 1 aliphatic carbocycles. The van der Waals surface area contributed by atoms with Crippen LogP contribution in [0.25, 0.3) is 0 Å². The summed E-state index contributed by atoms with van der Waals surface area (Å²) < 4.78 is 5.35. The Bertz CT molecular complexity index is 332. The van der Waals surface area contributed by atoms with E-state index in [2.05, 4.69) is 11.8 Å². The van der Waals surface area contributed by atoms with E-state index in [4.69, 9.17) is 22.4 Å². The number of nitrogens with two attached hydrogens (primary N) is 1. The van der Waals surface area contributed by atoms with E-state index < -0.39 is 0 Å². The predicted molar refractivity (Wildman–Crippen MR) is 63.5 cm³/mol. The molecule has 1 fully saturated rings. The molecule has 0 spiro atoms. The third kappa shape index (κ3) is 2.58. The molecular weight excluding hydrogens is 208 g/mol. The third-order valence-electron chi connectivity index (χ3n) is 2.84. The molecule has 0 radical (unpaired) electrons. The highest BCUT2D eigenvalue weighted by Crippen LogP contribution is 2.30. The fourth-order valence-electron chi connectivity index (χ4n) is 1.73. The minimum atomic E-state index is 0.151. The van der Waals surface area contributed by atoms with Gasteiger partial charge in [-0.3, -0.25) is 4.90 Å². The van der Waals surface area contributed by atoms with Crippen LogP contribution in [0, 0.1) is 0 Å². The number of rotatable bonds is 5. The van der Waals surface area contributed by atoms with E-state index in [-0.39, 0.29) is 6.04 Å². The molecule has 1 aromatic heterocycles. The van der Waals surface area contributed by atoms with Gasteiger partial charge in [-0.15, -0.1) is 0 Å². The average Bonchev–Trinajstić information content (AvgIpc) is 2.92. The van der Waals surface area contributed by atoms with Crippen molar-refractivity contribution in [2.24, 2.45) is 5.73 Å². The fraction of sp³-hybridized carbons (Fsp3) is 0.545. The summed E-state index contributed by atoms with van der Waals surface area (Å²) in [4.78, 5) is 2.88. The number of thiocarbonyl (C=S) groups is 1. The Hall–Kier alpha value is -0.870. The van der Waals surface area contributed by atoms with Gasteiger partial charge in [0, 0.05) is 6.04 Å². The molecule has 0 aliphatic heterocycles. The van der Waals surface area contributed by atoms with Gasteiger partial charge < -0.3 is 10.2 Å². The second kappa shape index (κ2) is 4.33. The summed E-state index contributed by atoms with van der Waals surface area (Å²) in [6, 6.07) is 4.68. The molecule has 0 saturated heterocycles. The van der Waals surface area contributed by atoms with Crippen molar-refractivity contribution in [2.75, 3.05) is 0 Å². The van der Waals surface area contributed by atoms with E-state index >= 15 is 0 Å². The van der Waals surface area contributed by atoms with Gasteiger partial charge in [0.15, 0.2) is 0 Å². The Balaban J connectivity index is 2.03. The summed E-state index contributed by atoms with van der Waals surface area (Å²) in [5, 5.41) is 0. The van der Waals surface area contributed by atoms with Crippen molar-refractivity contribution in [3.63, 3.8) is 0 Å². The minimum Gasteiger partial charge on any atom is -0.468 e. The zero-order valence-electron chi connectivity index (χ0n) is 8.85. The molecule has 1 atom stereocenters. The van der Waals surface area contributed by atoms with Crippen LogP contribution in [0.15, 0.2) is 22.8 Å². The Labute approximate surface area is 95.2 Å². The first kappa shape index (κ1) is 10.6. The number of nitrogens with zero attached hydrogens (tertiary/aromatic N) is 1. The first-order chi connectivity index (χ1) is 7.18. The number of hydrogen-bond donors (Lipinski definition) is 1. The zero-order chi connectivity index (χ0) is 10.8. The maximum Gasteiger partial charge on any atom is 0.117 e. The lowest BCUT2D eigenvalue weighted by molar-refractivity contribution is 0.215. The van der Waals surface area contributed by atoms with Gasteiger partial charge in [-0.2, -0.15) is 0 Å². The molecule has 4 heteroatoms. The molecule has 2 N–H and O–H groups in total. The third-order valence-corrected chi connectivity index (χ3v) is 3.18. The lowest BCUT2D eigenvalue weighted by atomic mass is 10.2. The molecule has 1 aliphatic rings. The van der Waals surface area contributed by atoms with Crippen LogP contribution in [0.3, 0.4) is 0 Å². The van der Waals surface area contributed by atoms with Gasteiger partial charge in [-0.05, 0) is 31.9 Å². The molecule has 1 aromatic rings. The van der Waals surface area contributed by atoms with E-state index in [0.29, 0.717) is 11.0 Å². The largest absolute Gasteiger partial charge is 0.468 e. The van der Waals surface area contributed by atoms with Crippen molar-refractivity contribution in [2.45, 2.75) is 38.4 Å². The first-order valence-corrected chi connectivity index (χ1v) is 5.66. The normalized spacial score (nSPS) is 18.0. The second-order valence-corrected chi connectivity index (χ2v) is 4.53. The average molecular weight is 224 g/mol. The Morgan fingerprint density at radius 2 is 2.47 bits per heavy atom. The summed E-state index contributed by atoms with van der Waals surface area (Å²) >= 11 is 5.04. The molecule has 82 valence electrons. The molecule has 1 unspecified atom stereocenters. The van der Waals surface area contributed by atoms with Gasteiger partial charge in [0.2, 0.25) is 0 Å². The summed E-state index contributed by atoms with van der Waals surface area (Å²) in [6.07, 6.45) is 4.19. The van der Waals surface area contributed by atoms with Crippen LogP contribution in [0.1, 0.15) is 25.5 Å². The van der Waals surface area contributed by atoms with Crippen molar-refractivity contribution in [1.82, 2.24) is 4.90 Å². The monoisotopic (exact) mass is 224 g/mol. The van der Waals surface area contributed by atoms with Crippen LogP contribution in [0.2, 0.25) is 0 Å². The summed E-state index contributed by atoms with van der Waals surface area (Å²) in [5.74, 6) is 0.977. The molecule has 15 heavy (non-hydrogen) atoms. The van der Waals surface area contributed by atoms with Crippen molar-refractivity contribution < 1.29 is 4.42 Å². The summed E-state index contributed by atoms with van der Waals surface area (Å²) in [6.45, 7) is 2.86. The Morgan fingerprint density at radius 3 is 2.93 bits per heavy atom. The Kier molecular flexibility index (Phi) is 3.07. The van der Waals surface area contributed by atoms with Gasteiger partial charge in [-0.1, -0.05) is 12.2 Å². The highest BCUT2D eigenvalue weighted by atomic mass is 32.1. The fourth-order valence-corrected chi connectivity index (χ4v) is 1.87. The highest BCUT2D eigenvalue weighted by molar-refractivity contribution is 7.80. The molecule has 1 saturated carbocycles. The lowest BCUT2D eigenvalue weighted by Crippen LogP contribution is -2.42. The van der Waals surface area contributed by atoms with E-state index in [1.165, 1.54) is 12.8 Å². The topological polar surface area (TPSA) is 42.4 Å². The molecule has 1 heterocycles. The summed E-state index contributed by atoms with van der Waals surface area (Å²) in [7, 11) is 0. The van der Waals surface area contributed by atoms with Crippen molar-refractivity contribution in [1.29, 1.82) is 0 Å². The van der Waals surface area contributed by atoms with Crippen molar-refractivity contribution >= 4 is 17.2 Å². The molecule has 0 aromatic carbocycles. The molecule has 0 amide bonds. The van der Waals surface area contributed by atoms with Crippen LogP contribution in [-0.4, -0.2) is 22.0 Å². The maximum absolute atomic E-state index is 5.69. The lowest BCUT2D eigenvalue weighted by Gasteiger charge is -2.27. The van der Waals surface area contributed by atoms with Crippen LogP contribution in [0.4, 0.5) is 0 Å². The van der Waals surface area contributed by atoms with Crippen LogP contribution in [-0.2, 0) is 6.54 Å². The smallest absolute Gasteiger partial charge is 0.117 e. The molecular formula is C11H16N2OS. The van der Waals surface area contributed by atoms with Crippen molar-refractivity contribution in [3.8, 4) is 0 Å². The highest BCUT2D eigenvalue weighted by Gasteiger charge is 2.33. The second-order valence-electron chi connectivity index (χ2n) is 4.06. The van der Waals surface area contributed by atoms with Crippen LogP contribution >= 0.6 is 12.2 Å². The minimum absolute atomic E-state index is 0.151. The quantitative estimate of drug-likeness (QED) is 0.776. The summed E-state index contributed by atoms with van der Waals surface area (Å²) in [5.41, 5.74) is 5.69. The van der Waals surface area contributed by atoms with Gasteiger partial charge in [0.25, 0.3) is 0 Å². The van der Waals surface area contributed by atoms with Gasteiger partial charge in [0.05, 0.1) is 23.8 Å². The van der Waals surface area contributed by atoms with Crippen LogP contribution < -0.4 is 5.73 Å². The molecule has 0 bridgehead atoms. The van der Waals surface area contributed by atoms with Crippen molar-refractivity contribution in [3.05, 3.63) is 24.2 Å². The van der Waals surface area contributed by atoms with Crippen LogP contribution in [0.5, 0.6) is 0 Å². The van der Waals surface area contributed by atoms with E-state index in [9.17, 15) is 0 Å². The number of furan rings is 1. The first-order valence-electron chi connectivity index (χ1n) is 5.26. The SMILES string of the molecule is CC(C(N)=S)N(Cc1ccco1)C1CC1. The van der Waals surface area contributed by atoms with Gasteiger partial charge >= 0.3 is 0 Å². The van der Waals surface area contributed by atoms with E-state index in [0.717, 1.165) is 12.3 Å².